The molecular weight excluding hydrogens is 356 g/mol. The molecule has 3 saturated heterocycles. The first-order chi connectivity index (χ1) is 13.1. The third kappa shape index (κ3) is 2.55. The molecule has 3 nitrogen and oxygen atoms in total. The van der Waals surface area contributed by atoms with Crippen molar-refractivity contribution in [2.45, 2.75) is 44.3 Å². The molecule has 0 saturated carbocycles. The lowest BCUT2D eigenvalue weighted by Crippen LogP contribution is -2.49. The van der Waals surface area contributed by atoms with Gasteiger partial charge in [-0.05, 0) is 61.6 Å². The largest absolute Gasteiger partial charge is 0.336 e. The van der Waals surface area contributed by atoms with Crippen LogP contribution in [-0.4, -0.2) is 34.3 Å². The van der Waals surface area contributed by atoms with E-state index in [4.69, 9.17) is 11.6 Å². The molecule has 0 aliphatic carbocycles. The smallest absolute Gasteiger partial charge is 0.243 e. The van der Waals surface area contributed by atoms with Gasteiger partial charge in [-0.3, -0.25) is 9.69 Å². The third-order valence-electron chi connectivity index (χ3n) is 6.94. The summed E-state index contributed by atoms with van der Waals surface area (Å²) in [6.45, 7) is 4.76. The highest BCUT2D eigenvalue weighted by Crippen LogP contribution is 2.56. The molecular formula is C23H25ClN2O. The van der Waals surface area contributed by atoms with Gasteiger partial charge in [0.05, 0.1) is 0 Å². The molecule has 0 bridgehead atoms. The molecule has 4 heteroatoms. The lowest BCUT2D eigenvalue weighted by Gasteiger charge is -2.34. The number of rotatable bonds is 3. The molecule has 5 rings (SSSR count). The summed E-state index contributed by atoms with van der Waals surface area (Å²) >= 11 is 6.14. The van der Waals surface area contributed by atoms with Crippen molar-refractivity contribution in [3.8, 4) is 0 Å². The Bertz CT molecular complexity index is 897. The Labute approximate surface area is 165 Å². The summed E-state index contributed by atoms with van der Waals surface area (Å²) in [5.74, 6) is 0.761. The summed E-state index contributed by atoms with van der Waals surface area (Å²) in [6.07, 6.45) is 3.21. The van der Waals surface area contributed by atoms with Gasteiger partial charge in [0.2, 0.25) is 5.91 Å². The molecule has 3 aliphatic rings. The highest BCUT2D eigenvalue weighted by atomic mass is 35.5. The van der Waals surface area contributed by atoms with Gasteiger partial charge in [0.1, 0.15) is 5.54 Å². The summed E-state index contributed by atoms with van der Waals surface area (Å²) in [7, 11) is 0. The van der Waals surface area contributed by atoms with E-state index in [1.54, 1.807) is 0 Å². The maximum absolute atomic E-state index is 13.6. The lowest BCUT2D eigenvalue weighted by atomic mass is 9.85. The van der Waals surface area contributed by atoms with Crippen molar-refractivity contribution in [3.63, 3.8) is 0 Å². The fourth-order valence-corrected chi connectivity index (χ4v) is 6.04. The predicted molar refractivity (Wildman–Crippen MR) is 108 cm³/mol. The molecule has 0 radical (unpaired) electrons. The molecule has 1 amide bonds. The normalized spacial score (nSPS) is 30.0. The fourth-order valence-electron chi connectivity index (χ4n) is 5.83. The van der Waals surface area contributed by atoms with Crippen molar-refractivity contribution >= 4 is 17.5 Å². The Kier molecular flexibility index (Phi) is 4.06. The number of carbonyl (C=O) groups excluding carboxylic acids is 1. The second-order valence-corrected chi connectivity index (χ2v) is 8.78. The first kappa shape index (κ1) is 17.3. The second kappa shape index (κ2) is 6.35. The van der Waals surface area contributed by atoms with Crippen LogP contribution in [0.4, 0.5) is 0 Å². The number of aryl methyl sites for hydroxylation is 1. The van der Waals surface area contributed by atoms with Gasteiger partial charge in [-0.1, -0.05) is 48.0 Å². The molecule has 2 aromatic carbocycles. The van der Waals surface area contributed by atoms with Gasteiger partial charge in [0.15, 0.2) is 0 Å². The van der Waals surface area contributed by atoms with Crippen LogP contribution in [-0.2, 0) is 11.3 Å². The minimum atomic E-state index is -0.272. The van der Waals surface area contributed by atoms with Gasteiger partial charge in [0.25, 0.3) is 0 Å². The SMILES string of the molecule is Cc1ccccc1[C@@H]1C[C@H]2CN(Cc3cccc(Cl)c3)C(=O)[C@]23CCCN13. The molecule has 3 aliphatic heterocycles. The Morgan fingerprint density at radius 2 is 2.04 bits per heavy atom. The van der Waals surface area contributed by atoms with Gasteiger partial charge in [-0.15, -0.1) is 0 Å². The Balaban J connectivity index is 1.44. The molecule has 1 spiro atoms. The Morgan fingerprint density at radius 3 is 2.85 bits per heavy atom. The summed E-state index contributed by atoms with van der Waals surface area (Å²) in [4.78, 5) is 18.2. The molecule has 0 aromatic heterocycles. The van der Waals surface area contributed by atoms with Gasteiger partial charge >= 0.3 is 0 Å². The number of benzene rings is 2. The average molecular weight is 381 g/mol. The molecule has 0 N–H and O–H groups in total. The molecule has 140 valence electrons. The van der Waals surface area contributed by atoms with E-state index in [0.29, 0.717) is 24.4 Å². The first-order valence-electron chi connectivity index (χ1n) is 9.96. The second-order valence-electron chi connectivity index (χ2n) is 8.34. The first-order valence-corrected chi connectivity index (χ1v) is 10.3. The monoisotopic (exact) mass is 380 g/mol. The molecule has 3 atom stereocenters. The van der Waals surface area contributed by atoms with Gasteiger partial charge in [-0.2, -0.15) is 0 Å². The van der Waals surface area contributed by atoms with Crippen molar-refractivity contribution in [3.05, 3.63) is 70.2 Å². The van der Waals surface area contributed by atoms with Gasteiger partial charge in [0, 0.05) is 30.1 Å². The van der Waals surface area contributed by atoms with E-state index >= 15 is 0 Å². The number of amides is 1. The summed E-state index contributed by atoms with van der Waals surface area (Å²) < 4.78 is 0. The van der Waals surface area contributed by atoms with Gasteiger partial charge in [-0.25, -0.2) is 0 Å². The van der Waals surface area contributed by atoms with E-state index in [-0.39, 0.29) is 5.54 Å². The van der Waals surface area contributed by atoms with E-state index in [2.05, 4.69) is 47.1 Å². The van der Waals surface area contributed by atoms with E-state index < -0.39 is 0 Å². The Morgan fingerprint density at radius 1 is 1.19 bits per heavy atom. The number of carbonyl (C=O) groups is 1. The highest BCUT2D eigenvalue weighted by Gasteiger charge is 2.65. The van der Waals surface area contributed by atoms with E-state index in [1.165, 1.54) is 11.1 Å². The average Bonchev–Trinajstić information content (AvgIpc) is 3.27. The van der Waals surface area contributed by atoms with Crippen LogP contribution in [0.15, 0.2) is 48.5 Å². The van der Waals surface area contributed by atoms with Crippen LogP contribution < -0.4 is 0 Å². The quantitative estimate of drug-likeness (QED) is 0.777. The van der Waals surface area contributed by atoms with Crippen LogP contribution in [0, 0.1) is 12.8 Å². The maximum atomic E-state index is 13.6. The zero-order valence-electron chi connectivity index (χ0n) is 15.7. The van der Waals surface area contributed by atoms with Crippen LogP contribution in [0.3, 0.4) is 0 Å². The zero-order valence-corrected chi connectivity index (χ0v) is 16.5. The summed E-state index contributed by atoms with van der Waals surface area (Å²) in [5, 5.41) is 0.736. The molecule has 27 heavy (non-hydrogen) atoms. The number of hydrogen-bond donors (Lipinski definition) is 0. The zero-order chi connectivity index (χ0) is 18.6. The summed E-state index contributed by atoms with van der Waals surface area (Å²) in [6, 6.07) is 17.0. The molecule has 2 aromatic rings. The molecule has 0 unspecified atom stereocenters. The Hall–Kier alpha value is -1.84. The fraction of sp³-hybridized carbons (Fsp3) is 0.435. The van der Waals surface area contributed by atoms with E-state index in [0.717, 1.165) is 42.9 Å². The van der Waals surface area contributed by atoms with E-state index in [1.807, 2.05) is 18.2 Å². The molecule has 3 heterocycles. The number of nitrogens with zero attached hydrogens (tertiary/aromatic N) is 2. The predicted octanol–water partition coefficient (Wildman–Crippen LogP) is 4.59. The lowest BCUT2D eigenvalue weighted by molar-refractivity contribution is -0.137. The maximum Gasteiger partial charge on any atom is 0.243 e. The van der Waals surface area contributed by atoms with Crippen molar-refractivity contribution in [2.75, 3.05) is 13.1 Å². The van der Waals surface area contributed by atoms with Crippen LogP contribution in [0.5, 0.6) is 0 Å². The topological polar surface area (TPSA) is 23.6 Å². The third-order valence-corrected chi connectivity index (χ3v) is 7.17. The minimum Gasteiger partial charge on any atom is -0.336 e. The van der Waals surface area contributed by atoms with Crippen molar-refractivity contribution in [2.24, 2.45) is 5.92 Å². The minimum absolute atomic E-state index is 0.272. The summed E-state index contributed by atoms with van der Waals surface area (Å²) in [5.41, 5.74) is 3.59. The van der Waals surface area contributed by atoms with Crippen molar-refractivity contribution in [1.29, 1.82) is 0 Å². The van der Waals surface area contributed by atoms with Crippen molar-refractivity contribution in [1.82, 2.24) is 9.80 Å². The van der Waals surface area contributed by atoms with Crippen LogP contribution in [0.1, 0.15) is 42.0 Å². The standard InChI is InChI=1S/C23H25ClN2O/c1-16-6-2-3-9-20(16)21-13-18-15-25(14-17-7-4-8-19(24)12-17)22(27)23(18)10-5-11-26(21)23/h2-4,6-9,12,18,21H,5,10-11,13-15H2,1H3/t18-,21-,23-/m0/s1. The molecule has 3 fully saturated rings. The number of halogens is 1. The van der Waals surface area contributed by atoms with Crippen LogP contribution in [0.2, 0.25) is 5.02 Å². The number of likely N-dealkylation sites (tertiary alicyclic amines) is 1. The highest BCUT2D eigenvalue weighted by molar-refractivity contribution is 6.30. The van der Waals surface area contributed by atoms with Crippen LogP contribution in [0.25, 0.3) is 0 Å². The number of hydrogen-bond acceptors (Lipinski definition) is 2. The van der Waals surface area contributed by atoms with E-state index in [9.17, 15) is 4.79 Å². The van der Waals surface area contributed by atoms with Gasteiger partial charge < -0.3 is 4.90 Å². The van der Waals surface area contributed by atoms with Crippen molar-refractivity contribution < 1.29 is 4.79 Å². The van der Waals surface area contributed by atoms with Crippen LogP contribution >= 0.6 is 11.6 Å².